The summed E-state index contributed by atoms with van der Waals surface area (Å²) in [6.45, 7) is 0. The molecular formula is C51H31N3O2. The first-order chi connectivity index (χ1) is 40.6. The van der Waals surface area contributed by atoms with E-state index in [9.17, 15) is 12.3 Å². The third-order valence-corrected chi connectivity index (χ3v) is 8.26. The molecule has 0 saturated carbocycles. The molecule has 56 heavy (non-hydrogen) atoms. The van der Waals surface area contributed by atoms with E-state index < -0.39 is 299 Å². The van der Waals surface area contributed by atoms with Gasteiger partial charge in [-0.3, -0.25) is 0 Å². The number of hydrogen-bond donors (Lipinski definition) is 0. The predicted octanol–water partition coefficient (Wildman–Crippen LogP) is 13.7. The molecule has 11 aromatic rings. The second-order valence-electron chi connectivity index (χ2n) is 11.6. The van der Waals surface area contributed by atoms with E-state index >= 15 is 0 Å². The van der Waals surface area contributed by atoms with Crippen molar-refractivity contribution in [2.24, 2.45) is 0 Å². The van der Waals surface area contributed by atoms with Crippen LogP contribution in [0.3, 0.4) is 0 Å². The Morgan fingerprint density at radius 3 is 1.48 bits per heavy atom. The lowest BCUT2D eigenvalue weighted by Crippen LogP contribution is -2.00. The number of aromatic nitrogens is 3. The van der Waals surface area contributed by atoms with E-state index in [0.717, 1.165) is 0 Å². The Balaban J connectivity index is 1.26. The molecule has 0 N–H and O–H groups in total. The zero-order valence-electron chi connectivity index (χ0n) is 58.7. The van der Waals surface area contributed by atoms with Crippen molar-refractivity contribution < 1.29 is 51.3 Å². The normalized spacial score (nSPS) is 19.3. The molecule has 0 unspecified atom stereocenters. The first-order valence-electron chi connectivity index (χ1n) is 31.7. The number of furan rings is 2. The quantitative estimate of drug-likeness (QED) is 0.169. The van der Waals surface area contributed by atoms with Crippen molar-refractivity contribution in [3.63, 3.8) is 0 Å². The van der Waals surface area contributed by atoms with Crippen molar-refractivity contribution in [1.82, 2.24) is 15.0 Å². The summed E-state index contributed by atoms with van der Waals surface area (Å²) in [5.41, 5.74) is -9.84. The number of rotatable bonds is 6. The van der Waals surface area contributed by atoms with Crippen LogP contribution in [0, 0.1) is 0 Å². The SMILES string of the molecule is [2H]c1c([2H])c([2H])c(-c2nc(-c3c([2H])c([2H])c([2H])c(-c4c([2H])c([2H])c([2H])c([2H])c4[2H])c3[2H])nc(-c3c([2H])c([2H])c4c(oc5c([2H])c(-c6c([2H])c(-c7c([2H])c([2H])c([2H])c([2H])c7[2H])c([2H])c7oc8c([2H])c([2H])c([2H])c([2H])c8c67)c([2H])c([2H])c54)c3[2H])n2)c([2H])c1[2H]. The lowest BCUT2D eigenvalue weighted by molar-refractivity contribution is 0.668. The highest BCUT2D eigenvalue weighted by atomic mass is 16.3. The van der Waals surface area contributed by atoms with Gasteiger partial charge < -0.3 is 8.83 Å². The summed E-state index contributed by atoms with van der Waals surface area (Å²) in [7, 11) is 0. The Kier molecular flexibility index (Phi) is 3.17. The summed E-state index contributed by atoms with van der Waals surface area (Å²) >= 11 is 0. The number of nitrogens with zero attached hydrogens (tertiary/aromatic N) is 3. The molecule has 3 aromatic heterocycles. The number of benzene rings is 8. The highest BCUT2D eigenvalue weighted by Gasteiger charge is 2.18. The minimum absolute atomic E-state index is 0.504. The molecule has 0 aliphatic carbocycles. The molecule has 5 heteroatoms. The van der Waals surface area contributed by atoms with Crippen LogP contribution < -0.4 is 0 Å². The van der Waals surface area contributed by atoms with Gasteiger partial charge in [-0.2, -0.15) is 0 Å². The number of hydrogen-bond acceptors (Lipinski definition) is 5. The molecule has 0 atom stereocenters. The van der Waals surface area contributed by atoms with Gasteiger partial charge in [0.1, 0.15) is 22.3 Å². The van der Waals surface area contributed by atoms with Gasteiger partial charge >= 0.3 is 0 Å². The van der Waals surface area contributed by atoms with Crippen LogP contribution in [0.2, 0.25) is 0 Å². The van der Waals surface area contributed by atoms with Crippen LogP contribution in [0.4, 0.5) is 0 Å². The molecule has 0 spiro atoms. The molecule has 8 aromatic carbocycles. The van der Waals surface area contributed by atoms with Crippen LogP contribution in [-0.2, 0) is 0 Å². The average Bonchev–Trinajstić information content (AvgIpc) is 1.63. The van der Waals surface area contributed by atoms with E-state index in [4.69, 9.17) is 39.0 Å². The van der Waals surface area contributed by atoms with E-state index in [1.165, 1.54) is 0 Å². The summed E-state index contributed by atoms with van der Waals surface area (Å²) < 4.78 is 287. The van der Waals surface area contributed by atoms with Gasteiger partial charge in [0.2, 0.25) is 0 Å². The van der Waals surface area contributed by atoms with Gasteiger partial charge in [-0.15, -0.1) is 0 Å². The van der Waals surface area contributed by atoms with E-state index in [1.807, 2.05) is 0 Å². The molecule has 3 heterocycles. The smallest absolute Gasteiger partial charge is 0.164 e. The molecular weight excluding hydrogens is 687 g/mol. The summed E-state index contributed by atoms with van der Waals surface area (Å²) in [5.74, 6) is -2.72. The third-order valence-electron chi connectivity index (χ3n) is 8.26. The zero-order chi connectivity index (χ0) is 64.0. The first kappa shape index (κ1) is 13.6. The van der Waals surface area contributed by atoms with Gasteiger partial charge in [-0.25, -0.2) is 15.0 Å². The predicted molar refractivity (Wildman–Crippen MR) is 227 cm³/mol. The summed E-state index contributed by atoms with van der Waals surface area (Å²) in [5, 5.41) is -2.20. The molecule has 0 radical (unpaired) electrons. The van der Waals surface area contributed by atoms with Crippen molar-refractivity contribution in [3.05, 3.63) is 187 Å². The highest BCUT2D eigenvalue weighted by molar-refractivity contribution is 6.15. The minimum Gasteiger partial charge on any atom is -0.456 e. The maximum atomic E-state index is 9.76. The van der Waals surface area contributed by atoms with Gasteiger partial charge in [0, 0.05) is 38.2 Å². The molecule has 0 fully saturated rings. The fourth-order valence-electron chi connectivity index (χ4n) is 5.82. The molecule has 0 saturated heterocycles. The molecule has 0 aliphatic rings. The zero-order valence-corrected chi connectivity index (χ0v) is 27.7. The molecule has 0 aliphatic heterocycles. The van der Waals surface area contributed by atoms with Gasteiger partial charge in [0.05, 0.1) is 42.5 Å². The van der Waals surface area contributed by atoms with Crippen LogP contribution in [0.25, 0.3) is 111 Å². The standard InChI is InChI=1S/C51H31N3O2/c1-4-13-32(14-5-1)35-19-12-20-37(27-35)50-52-49(34-17-8-3-9-18-34)53-51(54-50)38-24-26-41-40-25-23-36(29-45(40)56-46(41)30-38)43-28-39(33-15-6-2-7-16-33)31-47-48(43)42-21-10-11-22-44(42)55-47/h1-31H/i1D,2D,3D,4D,5D,6D,7D,8D,9D,10D,11D,12D,13D,14D,15D,16D,17D,18D,19D,20D,21D,22D,23D,24D,25D,26D,27D,28D,29D,30D,31D. The second kappa shape index (κ2) is 13.0. The number of fused-ring (bicyclic) bond motifs is 6. The Morgan fingerprint density at radius 2 is 0.786 bits per heavy atom. The van der Waals surface area contributed by atoms with Gasteiger partial charge in [0.15, 0.2) is 17.5 Å². The van der Waals surface area contributed by atoms with Crippen molar-refractivity contribution in [3.8, 4) is 67.5 Å². The summed E-state index contributed by atoms with van der Waals surface area (Å²) in [6.07, 6.45) is 0. The second-order valence-corrected chi connectivity index (χ2v) is 11.6. The monoisotopic (exact) mass is 748 g/mol. The molecule has 0 amide bonds. The van der Waals surface area contributed by atoms with Crippen molar-refractivity contribution in [1.29, 1.82) is 0 Å². The fourth-order valence-corrected chi connectivity index (χ4v) is 5.82. The van der Waals surface area contributed by atoms with Crippen molar-refractivity contribution in [2.45, 2.75) is 0 Å². The molecule has 0 bridgehead atoms. The largest absolute Gasteiger partial charge is 0.456 e. The summed E-state index contributed by atoms with van der Waals surface area (Å²) in [4.78, 5) is 12.9. The van der Waals surface area contributed by atoms with E-state index in [-0.39, 0.29) is 0 Å². The van der Waals surface area contributed by atoms with Gasteiger partial charge in [0.25, 0.3) is 0 Å². The Morgan fingerprint density at radius 1 is 0.304 bits per heavy atom. The van der Waals surface area contributed by atoms with Crippen molar-refractivity contribution >= 4 is 43.9 Å². The summed E-state index contributed by atoms with van der Waals surface area (Å²) in [6, 6.07) is -28.6. The average molecular weight is 749 g/mol. The van der Waals surface area contributed by atoms with Crippen LogP contribution in [0.1, 0.15) is 42.5 Å². The molecule has 11 rings (SSSR count). The van der Waals surface area contributed by atoms with E-state index in [2.05, 4.69) is 15.0 Å². The van der Waals surface area contributed by atoms with E-state index in [0.29, 0.717) is 0 Å². The van der Waals surface area contributed by atoms with Crippen LogP contribution >= 0.6 is 0 Å². The molecule has 262 valence electrons. The van der Waals surface area contributed by atoms with Gasteiger partial charge in [-0.05, 0) is 81.7 Å². The lowest BCUT2D eigenvalue weighted by atomic mass is 9.94. The Labute approximate surface area is 365 Å². The Bertz CT molecular complexity index is 4990. The van der Waals surface area contributed by atoms with Gasteiger partial charge in [-0.1, -0.05) is 139 Å². The van der Waals surface area contributed by atoms with Crippen LogP contribution in [-0.4, -0.2) is 15.0 Å². The lowest BCUT2D eigenvalue weighted by Gasteiger charge is -2.09. The maximum absolute atomic E-state index is 9.76. The first-order valence-corrected chi connectivity index (χ1v) is 16.2. The van der Waals surface area contributed by atoms with Crippen LogP contribution in [0.5, 0.6) is 0 Å². The maximum Gasteiger partial charge on any atom is 0.164 e. The topological polar surface area (TPSA) is 65.0 Å². The van der Waals surface area contributed by atoms with Crippen LogP contribution in [0.15, 0.2) is 196 Å². The minimum atomic E-state index is -1.02. The third kappa shape index (κ3) is 5.53. The fraction of sp³-hybridized carbons (Fsp3) is 0. The van der Waals surface area contributed by atoms with Crippen molar-refractivity contribution in [2.75, 3.05) is 0 Å². The van der Waals surface area contributed by atoms with E-state index in [1.54, 1.807) is 0 Å². The Hall–Kier alpha value is -7.63. The molecule has 5 nitrogen and oxygen atoms in total. The highest BCUT2D eigenvalue weighted by Crippen LogP contribution is 2.42. The number of para-hydroxylation sites is 1.